The van der Waals surface area contributed by atoms with Crippen molar-refractivity contribution in [2.45, 2.75) is 5.33 Å². The Kier molecular flexibility index (Phi) is 3.27. The third-order valence-corrected chi connectivity index (χ3v) is 4.21. The van der Waals surface area contributed by atoms with Crippen molar-refractivity contribution in [1.29, 1.82) is 0 Å². The largest absolute Gasteiger partial charge is 0.444 e. The Bertz CT molecular complexity index is 911. The van der Waals surface area contributed by atoms with Gasteiger partial charge in [0.05, 0.1) is 11.9 Å². The van der Waals surface area contributed by atoms with E-state index in [0.29, 0.717) is 0 Å². The third-order valence-electron chi connectivity index (χ3n) is 3.56. The lowest BCUT2D eigenvalue weighted by Gasteiger charge is -1.98. The van der Waals surface area contributed by atoms with Gasteiger partial charge in [-0.05, 0) is 11.6 Å². The number of hydrogen-bond donors (Lipinski definition) is 0. The number of nitrogens with zero attached hydrogens (tertiary/aromatic N) is 3. The summed E-state index contributed by atoms with van der Waals surface area (Å²) in [7, 11) is 0. The van der Waals surface area contributed by atoms with Gasteiger partial charge in [0.25, 0.3) is 0 Å². The number of aromatic nitrogens is 3. The molecule has 3 heterocycles. The molecule has 5 heteroatoms. The van der Waals surface area contributed by atoms with E-state index in [0.717, 1.165) is 33.6 Å². The van der Waals surface area contributed by atoms with Crippen LogP contribution >= 0.6 is 15.9 Å². The molecule has 0 aliphatic rings. The number of fused-ring (bicyclic) bond motifs is 1. The highest BCUT2D eigenvalue weighted by Gasteiger charge is 2.06. The van der Waals surface area contributed by atoms with Gasteiger partial charge in [-0.3, -0.25) is 0 Å². The van der Waals surface area contributed by atoms with Gasteiger partial charge in [-0.25, -0.2) is 9.97 Å². The number of imidazole rings is 1. The Morgan fingerprint density at radius 3 is 2.55 bits per heavy atom. The Morgan fingerprint density at radius 2 is 1.82 bits per heavy atom. The molecule has 0 N–H and O–H groups in total. The molecule has 0 amide bonds. The van der Waals surface area contributed by atoms with Crippen LogP contribution in [0.2, 0.25) is 0 Å². The van der Waals surface area contributed by atoms with Crippen LogP contribution in [0.1, 0.15) is 5.56 Å². The standard InChI is InChI=1S/C17H12BrN3O/c18-7-12-1-6-17-20-15(10-21(17)9-12)13-2-4-14(5-3-13)16-8-19-11-22-16/h1-6,8-11H,7H2. The summed E-state index contributed by atoms with van der Waals surface area (Å²) in [6.07, 6.45) is 7.28. The predicted octanol–water partition coefficient (Wildman–Crippen LogP) is 4.55. The molecule has 0 fully saturated rings. The van der Waals surface area contributed by atoms with E-state index in [9.17, 15) is 0 Å². The third kappa shape index (κ3) is 2.33. The van der Waals surface area contributed by atoms with Gasteiger partial charge in [-0.1, -0.05) is 46.3 Å². The van der Waals surface area contributed by atoms with Crippen molar-refractivity contribution in [3.63, 3.8) is 0 Å². The van der Waals surface area contributed by atoms with Crippen molar-refractivity contribution in [3.8, 4) is 22.6 Å². The normalized spacial score (nSPS) is 11.1. The maximum absolute atomic E-state index is 5.30. The lowest BCUT2D eigenvalue weighted by molar-refractivity contribution is 0.572. The van der Waals surface area contributed by atoms with E-state index in [2.05, 4.69) is 42.6 Å². The first-order valence-electron chi connectivity index (χ1n) is 6.86. The molecule has 0 saturated heterocycles. The second-order valence-corrected chi connectivity index (χ2v) is 5.57. The van der Waals surface area contributed by atoms with E-state index >= 15 is 0 Å². The lowest BCUT2D eigenvalue weighted by atomic mass is 10.1. The maximum Gasteiger partial charge on any atom is 0.181 e. The molecule has 0 radical (unpaired) electrons. The van der Waals surface area contributed by atoms with Crippen LogP contribution in [0.3, 0.4) is 0 Å². The van der Waals surface area contributed by atoms with Gasteiger partial charge in [-0.2, -0.15) is 0 Å². The van der Waals surface area contributed by atoms with Crippen LogP contribution in [-0.2, 0) is 5.33 Å². The number of halogens is 1. The molecule has 22 heavy (non-hydrogen) atoms. The smallest absolute Gasteiger partial charge is 0.181 e. The van der Waals surface area contributed by atoms with Crippen LogP contribution in [0.15, 0.2) is 65.8 Å². The van der Waals surface area contributed by atoms with Crippen LogP contribution in [0.5, 0.6) is 0 Å². The van der Waals surface area contributed by atoms with Crippen molar-refractivity contribution in [2.75, 3.05) is 0 Å². The highest BCUT2D eigenvalue weighted by Crippen LogP contribution is 2.24. The highest BCUT2D eigenvalue weighted by molar-refractivity contribution is 9.08. The first kappa shape index (κ1) is 13.3. The summed E-state index contributed by atoms with van der Waals surface area (Å²) in [6.45, 7) is 0. The fraction of sp³-hybridized carbons (Fsp3) is 0.0588. The molecule has 0 atom stereocenters. The van der Waals surface area contributed by atoms with Crippen LogP contribution in [-0.4, -0.2) is 14.4 Å². The molecule has 0 bridgehead atoms. The second kappa shape index (κ2) is 5.42. The Morgan fingerprint density at radius 1 is 1.00 bits per heavy atom. The van der Waals surface area contributed by atoms with Crippen molar-refractivity contribution in [1.82, 2.24) is 14.4 Å². The summed E-state index contributed by atoms with van der Waals surface area (Å²) in [5.74, 6) is 0.767. The number of oxazole rings is 1. The zero-order chi connectivity index (χ0) is 14.9. The topological polar surface area (TPSA) is 43.3 Å². The minimum Gasteiger partial charge on any atom is -0.444 e. The van der Waals surface area contributed by atoms with Crippen molar-refractivity contribution in [2.24, 2.45) is 0 Å². The van der Waals surface area contributed by atoms with Crippen molar-refractivity contribution in [3.05, 3.63) is 66.9 Å². The van der Waals surface area contributed by atoms with E-state index in [1.807, 2.05) is 36.5 Å². The van der Waals surface area contributed by atoms with E-state index in [1.165, 1.54) is 12.0 Å². The fourth-order valence-corrected chi connectivity index (χ4v) is 2.75. The summed E-state index contributed by atoms with van der Waals surface area (Å²) in [6, 6.07) is 12.2. The first-order chi connectivity index (χ1) is 10.8. The Balaban J connectivity index is 1.72. The number of hydrogen-bond acceptors (Lipinski definition) is 3. The van der Waals surface area contributed by atoms with E-state index in [1.54, 1.807) is 6.20 Å². The molecule has 4 aromatic rings. The number of alkyl halides is 1. The van der Waals surface area contributed by atoms with Crippen LogP contribution < -0.4 is 0 Å². The van der Waals surface area contributed by atoms with Crippen LogP contribution in [0, 0.1) is 0 Å². The molecule has 1 aromatic carbocycles. The second-order valence-electron chi connectivity index (χ2n) is 5.01. The van der Waals surface area contributed by atoms with Gasteiger partial charge in [0, 0.05) is 28.9 Å². The molecule has 0 unspecified atom stereocenters. The van der Waals surface area contributed by atoms with E-state index in [4.69, 9.17) is 4.42 Å². The van der Waals surface area contributed by atoms with Gasteiger partial charge in [0.1, 0.15) is 5.65 Å². The Labute approximate surface area is 135 Å². The van der Waals surface area contributed by atoms with E-state index < -0.39 is 0 Å². The van der Waals surface area contributed by atoms with Crippen LogP contribution in [0.4, 0.5) is 0 Å². The molecule has 0 spiro atoms. The number of rotatable bonds is 3. The van der Waals surface area contributed by atoms with Gasteiger partial charge in [0.15, 0.2) is 12.2 Å². The highest BCUT2D eigenvalue weighted by atomic mass is 79.9. The summed E-state index contributed by atoms with van der Waals surface area (Å²) < 4.78 is 7.36. The fourth-order valence-electron chi connectivity index (χ4n) is 2.42. The molecule has 0 aliphatic heterocycles. The molecule has 4 rings (SSSR count). The van der Waals surface area contributed by atoms with Gasteiger partial charge < -0.3 is 8.82 Å². The van der Waals surface area contributed by atoms with Gasteiger partial charge in [-0.15, -0.1) is 0 Å². The molecular weight excluding hydrogens is 342 g/mol. The first-order valence-corrected chi connectivity index (χ1v) is 7.98. The molecular formula is C17H12BrN3O. The summed E-state index contributed by atoms with van der Waals surface area (Å²) in [5.41, 5.74) is 5.20. The minimum absolute atomic E-state index is 0.767. The van der Waals surface area contributed by atoms with Gasteiger partial charge in [0.2, 0.25) is 0 Å². The summed E-state index contributed by atoms with van der Waals surface area (Å²) in [5, 5.41) is 0.836. The average Bonchev–Trinajstić information content (AvgIpc) is 3.23. The lowest BCUT2D eigenvalue weighted by Crippen LogP contribution is -1.85. The zero-order valence-corrected chi connectivity index (χ0v) is 13.2. The van der Waals surface area contributed by atoms with Crippen molar-refractivity contribution >= 4 is 21.6 Å². The maximum atomic E-state index is 5.30. The SMILES string of the molecule is BrCc1ccc2nc(-c3ccc(-c4cnco4)cc3)cn2c1. The Hall–Kier alpha value is -2.40. The molecule has 0 saturated carbocycles. The average molecular weight is 354 g/mol. The number of pyridine rings is 1. The molecule has 0 aliphatic carbocycles. The van der Waals surface area contributed by atoms with Crippen LogP contribution in [0.25, 0.3) is 28.2 Å². The monoisotopic (exact) mass is 353 g/mol. The molecule has 4 nitrogen and oxygen atoms in total. The molecule has 3 aromatic heterocycles. The minimum atomic E-state index is 0.767. The number of benzene rings is 1. The van der Waals surface area contributed by atoms with Crippen molar-refractivity contribution < 1.29 is 4.42 Å². The summed E-state index contributed by atoms with van der Waals surface area (Å²) in [4.78, 5) is 8.60. The van der Waals surface area contributed by atoms with Gasteiger partial charge >= 0.3 is 0 Å². The predicted molar refractivity (Wildman–Crippen MR) is 88.8 cm³/mol. The summed E-state index contributed by atoms with van der Waals surface area (Å²) >= 11 is 3.47. The molecule has 108 valence electrons. The quantitative estimate of drug-likeness (QED) is 0.507. The van der Waals surface area contributed by atoms with E-state index in [-0.39, 0.29) is 0 Å². The zero-order valence-electron chi connectivity index (χ0n) is 11.6.